The summed E-state index contributed by atoms with van der Waals surface area (Å²) < 4.78 is 0. The molecule has 1 atom stereocenters. The van der Waals surface area contributed by atoms with Gasteiger partial charge in [-0.2, -0.15) is 0 Å². The second-order valence-electron chi connectivity index (χ2n) is 5.56. The standard InChI is InChI=1S/C15H20N2O/c1-10-7-8-12-13(9-10)16-14(15(18)17-12)11-5-3-2-4-6-11/h7-9,11,14,16H,2-6H2,1H3,(H,17,18). The molecule has 1 aromatic carbocycles. The van der Waals surface area contributed by atoms with E-state index in [0.29, 0.717) is 5.92 Å². The lowest BCUT2D eigenvalue weighted by Gasteiger charge is -2.34. The van der Waals surface area contributed by atoms with Crippen LogP contribution in [0.5, 0.6) is 0 Å². The molecule has 3 nitrogen and oxygen atoms in total. The third kappa shape index (κ3) is 2.09. The normalized spacial score (nSPS) is 24.1. The van der Waals surface area contributed by atoms with Crippen molar-refractivity contribution in [1.82, 2.24) is 0 Å². The van der Waals surface area contributed by atoms with Crippen molar-refractivity contribution in [3.05, 3.63) is 23.8 Å². The molecular weight excluding hydrogens is 224 g/mol. The Kier molecular flexibility index (Phi) is 2.98. The van der Waals surface area contributed by atoms with Crippen molar-refractivity contribution >= 4 is 17.3 Å². The van der Waals surface area contributed by atoms with Gasteiger partial charge in [0.1, 0.15) is 6.04 Å². The second kappa shape index (κ2) is 4.63. The van der Waals surface area contributed by atoms with Crippen LogP contribution in [0.25, 0.3) is 0 Å². The lowest BCUT2D eigenvalue weighted by atomic mass is 9.82. The van der Waals surface area contributed by atoms with Crippen LogP contribution in [0.15, 0.2) is 18.2 Å². The molecule has 1 saturated carbocycles. The molecule has 18 heavy (non-hydrogen) atoms. The van der Waals surface area contributed by atoms with Gasteiger partial charge in [0.05, 0.1) is 11.4 Å². The van der Waals surface area contributed by atoms with Gasteiger partial charge in [-0.25, -0.2) is 0 Å². The maximum absolute atomic E-state index is 12.2. The van der Waals surface area contributed by atoms with E-state index in [4.69, 9.17) is 0 Å². The number of fused-ring (bicyclic) bond motifs is 1. The highest BCUT2D eigenvalue weighted by Crippen LogP contribution is 2.34. The molecule has 3 heteroatoms. The summed E-state index contributed by atoms with van der Waals surface area (Å²) in [5.74, 6) is 0.630. The van der Waals surface area contributed by atoms with Crippen molar-refractivity contribution in [2.45, 2.75) is 45.1 Å². The zero-order valence-corrected chi connectivity index (χ0v) is 10.8. The number of benzene rings is 1. The molecule has 3 rings (SSSR count). The molecule has 0 aromatic heterocycles. The molecule has 1 aliphatic carbocycles. The molecule has 2 aliphatic rings. The van der Waals surface area contributed by atoms with Crippen molar-refractivity contribution in [1.29, 1.82) is 0 Å². The van der Waals surface area contributed by atoms with Gasteiger partial charge in [-0.1, -0.05) is 25.3 Å². The SMILES string of the molecule is Cc1ccc2c(c1)NC(C1CCCCC1)C(=O)N2. The van der Waals surface area contributed by atoms with Crippen LogP contribution in [0.1, 0.15) is 37.7 Å². The maximum Gasteiger partial charge on any atom is 0.247 e. The van der Waals surface area contributed by atoms with E-state index in [0.717, 1.165) is 11.4 Å². The second-order valence-corrected chi connectivity index (χ2v) is 5.56. The van der Waals surface area contributed by atoms with E-state index < -0.39 is 0 Å². The van der Waals surface area contributed by atoms with E-state index in [1.807, 2.05) is 12.1 Å². The highest BCUT2D eigenvalue weighted by molar-refractivity contribution is 6.03. The maximum atomic E-state index is 12.2. The Morgan fingerprint density at radius 3 is 2.67 bits per heavy atom. The quantitative estimate of drug-likeness (QED) is 0.795. The van der Waals surface area contributed by atoms with Crippen molar-refractivity contribution in [2.24, 2.45) is 5.92 Å². The first-order valence-corrected chi connectivity index (χ1v) is 6.92. The lowest BCUT2D eigenvalue weighted by Crippen LogP contribution is -2.44. The minimum Gasteiger partial charge on any atom is -0.372 e. The number of amides is 1. The Labute approximate surface area is 108 Å². The van der Waals surface area contributed by atoms with Crippen LogP contribution < -0.4 is 10.6 Å². The zero-order valence-electron chi connectivity index (χ0n) is 10.8. The number of carbonyl (C=O) groups excluding carboxylic acids is 1. The Bertz CT molecular complexity index is 464. The molecule has 0 radical (unpaired) electrons. The minimum absolute atomic E-state index is 0.0420. The largest absolute Gasteiger partial charge is 0.372 e. The highest BCUT2D eigenvalue weighted by atomic mass is 16.2. The molecule has 0 saturated heterocycles. The molecule has 1 amide bonds. The molecule has 0 bridgehead atoms. The number of aryl methyl sites for hydroxylation is 1. The minimum atomic E-state index is -0.0420. The van der Waals surface area contributed by atoms with Gasteiger partial charge in [0.25, 0.3) is 0 Å². The van der Waals surface area contributed by atoms with Crippen LogP contribution in [0.2, 0.25) is 0 Å². The monoisotopic (exact) mass is 244 g/mol. The summed E-state index contributed by atoms with van der Waals surface area (Å²) in [5.41, 5.74) is 3.21. The van der Waals surface area contributed by atoms with E-state index >= 15 is 0 Å². The van der Waals surface area contributed by atoms with Gasteiger partial charge in [0.2, 0.25) is 5.91 Å². The van der Waals surface area contributed by atoms with Crippen LogP contribution in [0.3, 0.4) is 0 Å². The molecule has 1 aliphatic heterocycles. The molecule has 1 heterocycles. The highest BCUT2D eigenvalue weighted by Gasteiger charge is 2.33. The van der Waals surface area contributed by atoms with E-state index in [2.05, 4.69) is 23.6 Å². The summed E-state index contributed by atoms with van der Waals surface area (Å²) in [7, 11) is 0. The fourth-order valence-corrected chi connectivity index (χ4v) is 3.13. The van der Waals surface area contributed by atoms with Crippen LogP contribution in [-0.4, -0.2) is 11.9 Å². The third-order valence-electron chi connectivity index (χ3n) is 4.15. The van der Waals surface area contributed by atoms with Gasteiger partial charge < -0.3 is 10.6 Å². The molecule has 1 unspecified atom stereocenters. The van der Waals surface area contributed by atoms with Gasteiger partial charge in [-0.05, 0) is 43.4 Å². The number of hydrogen-bond acceptors (Lipinski definition) is 2. The molecule has 2 N–H and O–H groups in total. The Morgan fingerprint density at radius 2 is 1.89 bits per heavy atom. The Morgan fingerprint density at radius 1 is 1.11 bits per heavy atom. The van der Waals surface area contributed by atoms with E-state index in [-0.39, 0.29) is 11.9 Å². The molecular formula is C15H20N2O. The first-order chi connectivity index (χ1) is 8.74. The topological polar surface area (TPSA) is 41.1 Å². The molecule has 1 aromatic rings. The van der Waals surface area contributed by atoms with Crippen LogP contribution in [-0.2, 0) is 4.79 Å². The van der Waals surface area contributed by atoms with Crippen LogP contribution >= 0.6 is 0 Å². The average molecular weight is 244 g/mol. The van der Waals surface area contributed by atoms with Gasteiger partial charge in [0.15, 0.2) is 0 Å². The number of hydrogen-bond donors (Lipinski definition) is 2. The van der Waals surface area contributed by atoms with Crippen molar-refractivity contribution in [2.75, 3.05) is 10.6 Å². The van der Waals surface area contributed by atoms with Crippen molar-refractivity contribution in [3.63, 3.8) is 0 Å². The summed E-state index contributed by atoms with van der Waals surface area (Å²) >= 11 is 0. The van der Waals surface area contributed by atoms with Crippen LogP contribution in [0.4, 0.5) is 11.4 Å². The smallest absolute Gasteiger partial charge is 0.247 e. The van der Waals surface area contributed by atoms with Gasteiger partial charge >= 0.3 is 0 Å². The Balaban J connectivity index is 1.83. The summed E-state index contributed by atoms with van der Waals surface area (Å²) in [4.78, 5) is 12.2. The zero-order chi connectivity index (χ0) is 12.5. The van der Waals surface area contributed by atoms with Crippen LogP contribution in [0, 0.1) is 12.8 Å². The number of rotatable bonds is 1. The molecule has 1 fully saturated rings. The molecule has 96 valence electrons. The first-order valence-electron chi connectivity index (χ1n) is 6.92. The number of anilines is 2. The van der Waals surface area contributed by atoms with Gasteiger partial charge in [0, 0.05) is 0 Å². The predicted octanol–water partition coefficient (Wildman–Crippen LogP) is 3.31. The average Bonchev–Trinajstić information content (AvgIpc) is 2.39. The van der Waals surface area contributed by atoms with Crippen molar-refractivity contribution < 1.29 is 4.79 Å². The predicted molar refractivity (Wildman–Crippen MR) is 73.8 cm³/mol. The lowest BCUT2D eigenvalue weighted by molar-refractivity contribution is -0.118. The summed E-state index contributed by atoms with van der Waals surface area (Å²) in [6, 6.07) is 6.08. The van der Waals surface area contributed by atoms with E-state index in [1.165, 1.54) is 37.7 Å². The fraction of sp³-hybridized carbons (Fsp3) is 0.533. The first kappa shape index (κ1) is 11.6. The van der Waals surface area contributed by atoms with Crippen molar-refractivity contribution in [3.8, 4) is 0 Å². The number of nitrogens with one attached hydrogen (secondary N) is 2. The third-order valence-corrected chi connectivity index (χ3v) is 4.15. The summed E-state index contributed by atoms with van der Waals surface area (Å²) in [6.45, 7) is 2.08. The van der Waals surface area contributed by atoms with Gasteiger partial charge in [-0.15, -0.1) is 0 Å². The summed E-state index contributed by atoms with van der Waals surface area (Å²) in [5, 5.41) is 6.48. The van der Waals surface area contributed by atoms with E-state index in [1.54, 1.807) is 0 Å². The van der Waals surface area contributed by atoms with E-state index in [9.17, 15) is 4.79 Å². The van der Waals surface area contributed by atoms with Gasteiger partial charge in [-0.3, -0.25) is 4.79 Å². The number of carbonyl (C=O) groups is 1. The Hall–Kier alpha value is -1.51. The summed E-state index contributed by atoms with van der Waals surface area (Å²) in [6.07, 6.45) is 6.19. The molecule has 0 spiro atoms. The fourth-order valence-electron chi connectivity index (χ4n) is 3.13.